The third kappa shape index (κ3) is 4.00. The summed E-state index contributed by atoms with van der Waals surface area (Å²) in [5.74, 6) is 0.740. The van der Waals surface area contributed by atoms with Gasteiger partial charge in [0.2, 0.25) is 0 Å². The van der Waals surface area contributed by atoms with Gasteiger partial charge < -0.3 is 9.05 Å². The van der Waals surface area contributed by atoms with E-state index in [9.17, 15) is 4.57 Å². The highest BCUT2D eigenvalue weighted by molar-refractivity contribution is 7.55. The van der Waals surface area contributed by atoms with Crippen molar-refractivity contribution in [3.05, 3.63) is 35.4 Å². The molecule has 158 valence electrons. The van der Waals surface area contributed by atoms with Crippen molar-refractivity contribution in [2.24, 2.45) is 11.8 Å². The Balaban J connectivity index is 2.26. The van der Waals surface area contributed by atoms with Crippen LogP contribution in [0.2, 0.25) is 0 Å². The Morgan fingerprint density at radius 2 is 1.32 bits per heavy atom. The first-order valence-corrected chi connectivity index (χ1v) is 13.1. The molecule has 0 radical (unpaired) electrons. The van der Waals surface area contributed by atoms with Gasteiger partial charge in [0.05, 0.1) is 13.2 Å². The van der Waals surface area contributed by atoms with Crippen molar-refractivity contribution in [1.82, 2.24) is 0 Å². The first kappa shape index (κ1) is 22.1. The average Bonchev–Trinajstić information content (AvgIpc) is 2.72. The molecule has 0 saturated heterocycles. The molecule has 28 heavy (non-hydrogen) atoms. The summed E-state index contributed by atoms with van der Waals surface area (Å²) >= 11 is 0. The first-order chi connectivity index (χ1) is 13.6. The van der Waals surface area contributed by atoms with Crippen LogP contribution in [-0.2, 0) is 18.8 Å². The summed E-state index contributed by atoms with van der Waals surface area (Å²) in [4.78, 5) is 0. The molecule has 0 bridgehead atoms. The summed E-state index contributed by atoms with van der Waals surface area (Å²) in [7, 11) is -3.35. The van der Waals surface area contributed by atoms with Crippen LogP contribution in [0.25, 0.3) is 0 Å². The zero-order valence-corrected chi connectivity index (χ0v) is 19.0. The summed E-state index contributed by atoms with van der Waals surface area (Å²) in [6.45, 7) is 6.96. The van der Waals surface area contributed by atoms with Crippen molar-refractivity contribution < 1.29 is 13.6 Å². The second-order valence-electron chi connectivity index (χ2n) is 8.64. The van der Waals surface area contributed by atoms with Crippen molar-refractivity contribution in [3.8, 4) is 0 Å². The Labute approximate surface area is 172 Å². The lowest BCUT2D eigenvalue weighted by Gasteiger charge is -2.52. The second-order valence-corrected chi connectivity index (χ2v) is 10.9. The molecule has 0 aromatic heterocycles. The monoisotopic (exact) mass is 406 g/mol. The van der Waals surface area contributed by atoms with Gasteiger partial charge in [0.15, 0.2) is 0 Å². The van der Waals surface area contributed by atoms with E-state index in [2.05, 4.69) is 31.2 Å². The molecule has 0 atom stereocenters. The van der Waals surface area contributed by atoms with Crippen LogP contribution in [0.1, 0.15) is 89.2 Å². The van der Waals surface area contributed by atoms with Gasteiger partial charge in [0.25, 0.3) is 0 Å². The minimum atomic E-state index is -3.35. The van der Waals surface area contributed by atoms with Crippen molar-refractivity contribution >= 4 is 7.60 Å². The Morgan fingerprint density at radius 1 is 0.857 bits per heavy atom. The highest BCUT2D eigenvalue weighted by Crippen LogP contribution is 2.74. The van der Waals surface area contributed by atoms with E-state index in [1.165, 1.54) is 49.7 Å². The van der Waals surface area contributed by atoms with Gasteiger partial charge in [-0.15, -0.1) is 0 Å². The molecule has 0 heterocycles. The Morgan fingerprint density at radius 3 is 1.75 bits per heavy atom. The lowest BCUT2D eigenvalue weighted by molar-refractivity contribution is 0.106. The molecule has 0 N–H and O–H groups in total. The van der Waals surface area contributed by atoms with Crippen molar-refractivity contribution in [1.29, 1.82) is 0 Å². The maximum Gasteiger partial charge on any atom is 0.341 e. The summed E-state index contributed by atoms with van der Waals surface area (Å²) < 4.78 is 27.1. The fourth-order valence-corrected chi connectivity index (χ4v) is 9.20. The van der Waals surface area contributed by atoms with E-state index >= 15 is 0 Å². The summed E-state index contributed by atoms with van der Waals surface area (Å²) in [6.07, 6.45) is 12.0. The fraction of sp³-hybridized carbons (Fsp3) is 0.750. The van der Waals surface area contributed by atoms with Gasteiger partial charge in [0, 0.05) is 0 Å². The molecule has 3 nitrogen and oxygen atoms in total. The molecule has 0 aliphatic heterocycles. The van der Waals surface area contributed by atoms with E-state index in [-0.39, 0.29) is 0 Å². The molecule has 4 heteroatoms. The Kier molecular flexibility index (Phi) is 7.81. The quantitative estimate of drug-likeness (QED) is 0.417. The van der Waals surface area contributed by atoms with E-state index < -0.39 is 12.8 Å². The smallest absolute Gasteiger partial charge is 0.308 e. The third-order valence-corrected chi connectivity index (χ3v) is 10.2. The number of rotatable bonds is 8. The molecular weight excluding hydrogens is 367 g/mol. The molecule has 1 aromatic rings. The topological polar surface area (TPSA) is 35.5 Å². The predicted molar refractivity (Wildman–Crippen MR) is 117 cm³/mol. The van der Waals surface area contributed by atoms with Crippen LogP contribution >= 0.6 is 7.60 Å². The van der Waals surface area contributed by atoms with Gasteiger partial charge in [-0.05, 0) is 69.4 Å². The van der Waals surface area contributed by atoms with Crippen LogP contribution in [0, 0.1) is 18.8 Å². The van der Waals surface area contributed by atoms with E-state index in [0.29, 0.717) is 25.0 Å². The Bertz CT molecular complexity index is 632. The van der Waals surface area contributed by atoms with Gasteiger partial charge in [0.1, 0.15) is 5.16 Å². The van der Waals surface area contributed by atoms with Gasteiger partial charge in [-0.3, -0.25) is 4.57 Å². The van der Waals surface area contributed by atoms with Crippen LogP contribution in [-0.4, -0.2) is 13.2 Å². The highest BCUT2D eigenvalue weighted by Gasteiger charge is 2.61. The van der Waals surface area contributed by atoms with Crippen molar-refractivity contribution in [2.45, 2.75) is 90.1 Å². The van der Waals surface area contributed by atoms with Crippen LogP contribution in [0.4, 0.5) is 0 Å². The standard InChI is InChI=1S/C24H39O3P/c1-4-26-28(25,27-5-2)24(21-15-8-6-9-16-21,22-17-10-7-11-18-22)23-19-13-12-14-20(23)3/h12-14,19,21-22H,4-11,15-18H2,1-3H3. The molecule has 0 amide bonds. The minimum Gasteiger partial charge on any atom is -0.308 e. The SMILES string of the molecule is CCOP(=O)(OCC)C(c1ccccc1C)(C1CCCCC1)C1CCCCC1. The summed E-state index contributed by atoms with van der Waals surface area (Å²) in [5.41, 5.74) is 2.47. The van der Waals surface area contributed by atoms with Crippen molar-refractivity contribution in [2.75, 3.05) is 13.2 Å². The minimum absolute atomic E-state index is 0.370. The van der Waals surface area contributed by atoms with Crippen LogP contribution in [0.5, 0.6) is 0 Å². The fourth-order valence-electron chi connectivity index (χ4n) is 6.07. The second kappa shape index (κ2) is 9.92. The number of aryl methyl sites for hydroxylation is 1. The maximum atomic E-state index is 14.7. The van der Waals surface area contributed by atoms with Gasteiger partial charge in [-0.2, -0.15) is 0 Å². The molecule has 1 aromatic carbocycles. The van der Waals surface area contributed by atoms with Gasteiger partial charge in [-0.1, -0.05) is 62.8 Å². The first-order valence-electron chi connectivity index (χ1n) is 11.6. The van der Waals surface area contributed by atoms with Crippen molar-refractivity contribution in [3.63, 3.8) is 0 Å². The zero-order valence-electron chi connectivity index (χ0n) is 18.1. The zero-order chi connectivity index (χ0) is 20.0. The molecule has 2 fully saturated rings. The Hall–Kier alpha value is -0.630. The molecule has 0 unspecified atom stereocenters. The third-order valence-electron chi connectivity index (χ3n) is 7.08. The summed E-state index contributed by atoms with van der Waals surface area (Å²) in [5, 5.41) is -0.509. The molecule has 2 saturated carbocycles. The molecule has 0 spiro atoms. The number of hydrogen-bond donors (Lipinski definition) is 0. The molecule has 3 rings (SSSR count). The normalized spacial score (nSPS) is 20.4. The van der Waals surface area contributed by atoms with Crippen LogP contribution in [0.3, 0.4) is 0 Å². The average molecular weight is 407 g/mol. The van der Waals surface area contributed by atoms with Crippen LogP contribution < -0.4 is 0 Å². The number of hydrogen-bond acceptors (Lipinski definition) is 3. The van der Waals surface area contributed by atoms with E-state index in [1.54, 1.807) is 0 Å². The van der Waals surface area contributed by atoms with Gasteiger partial charge in [-0.25, -0.2) is 0 Å². The molecule has 2 aliphatic rings. The summed E-state index contributed by atoms with van der Waals surface area (Å²) in [6, 6.07) is 8.61. The largest absolute Gasteiger partial charge is 0.341 e. The van der Waals surface area contributed by atoms with Crippen LogP contribution in [0.15, 0.2) is 24.3 Å². The van der Waals surface area contributed by atoms with Gasteiger partial charge >= 0.3 is 7.60 Å². The van der Waals surface area contributed by atoms with E-state index in [4.69, 9.17) is 9.05 Å². The molecular formula is C24H39O3P. The van der Waals surface area contributed by atoms with E-state index in [0.717, 1.165) is 25.7 Å². The van der Waals surface area contributed by atoms with E-state index in [1.807, 2.05) is 13.8 Å². The lowest BCUT2D eigenvalue weighted by atomic mass is 9.65. The highest BCUT2D eigenvalue weighted by atomic mass is 31.2. The number of benzene rings is 1. The predicted octanol–water partition coefficient (Wildman–Crippen LogP) is 7.62. The lowest BCUT2D eigenvalue weighted by Crippen LogP contribution is -2.45. The molecule has 2 aliphatic carbocycles. The maximum absolute atomic E-state index is 14.7.